The molecule has 0 spiro atoms. The minimum Gasteiger partial charge on any atom is -0.497 e. The summed E-state index contributed by atoms with van der Waals surface area (Å²) in [6.45, 7) is 2.25. The normalized spacial score (nSPS) is 26.4. The van der Waals surface area contributed by atoms with Gasteiger partial charge in [-0.05, 0) is 55.7 Å². The van der Waals surface area contributed by atoms with Gasteiger partial charge in [0.1, 0.15) is 5.75 Å². The van der Waals surface area contributed by atoms with Crippen LogP contribution < -0.4 is 4.74 Å². The van der Waals surface area contributed by atoms with Gasteiger partial charge in [0.05, 0.1) is 7.11 Å². The molecular formula is C18H27ClO. The number of hydrogen-bond acceptors (Lipinski definition) is 1. The number of rotatable bonds is 6. The van der Waals surface area contributed by atoms with E-state index < -0.39 is 0 Å². The van der Waals surface area contributed by atoms with E-state index in [1.807, 2.05) is 0 Å². The van der Waals surface area contributed by atoms with Crippen molar-refractivity contribution in [1.29, 1.82) is 0 Å². The van der Waals surface area contributed by atoms with Gasteiger partial charge in [0, 0.05) is 4.87 Å². The first kappa shape index (κ1) is 15.7. The molecule has 0 aliphatic heterocycles. The van der Waals surface area contributed by atoms with Gasteiger partial charge < -0.3 is 4.74 Å². The fourth-order valence-corrected chi connectivity index (χ4v) is 3.64. The Labute approximate surface area is 128 Å². The highest BCUT2D eigenvalue weighted by Gasteiger charge is 2.33. The number of halogens is 1. The maximum absolute atomic E-state index is 6.79. The zero-order valence-electron chi connectivity index (χ0n) is 12.8. The van der Waals surface area contributed by atoms with Crippen LogP contribution >= 0.6 is 11.6 Å². The summed E-state index contributed by atoms with van der Waals surface area (Å²) in [4.78, 5) is 0.0815. The van der Waals surface area contributed by atoms with E-state index in [0.717, 1.165) is 18.6 Å². The van der Waals surface area contributed by atoms with Gasteiger partial charge in [-0.1, -0.05) is 38.3 Å². The summed E-state index contributed by atoms with van der Waals surface area (Å²) in [7, 11) is 1.72. The largest absolute Gasteiger partial charge is 0.497 e. The van der Waals surface area contributed by atoms with Crippen molar-refractivity contribution in [2.24, 2.45) is 0 Å². The summed E-state index contributed by atoms with van der Waals surface area (Å²) < 4.78 is 5.22. The molecule has 0 saturated heterocycles. The van der Waals surface area contributed by atoms with Gasteiger partial charge in [0.2, 0.25) is 0 Å². The molecule has 1 saturated carbocycles. The molecule has 0 aromatic heterocycles. The lowest BCUT2D eigenvalue weighted by molar-refractivity contribution is 0.329. The first-order chi connectivity index (χ1) is 9.67. The molecule has 112 valence electrons. The third kappa shape index (κ3) is 4.15. The lowest BCUT2D eigenvalue weighted by Gasteiger charge is -2.35. The fourth-order valence-electron chi connectivity index (χ4n) is 3.29. The molecule has 1 aromatic carbocycles. The Balaban J connectivity index is 1.86. The molecule has 1 aliphatic carbocycles. The van der Waals surface area contributed by atoms with E-state index in [9.17, 15) is 0 Å². The molecule has 0 bridgehead atoms. The van der Waals surface area contributed by atoms with Crippen LogP contribution in [0.25, 0.3) is 0 Å². The summed E-state index contributed by atoms with van der Waals surface area (Å²) in [5.41, 5.74) is 1.44. The zero-order chi connectivity index (χ0) is 14.4. The Morgan fingerprint density at radius 2 is 1.80 bits per heavy atom. The molecule has 1 fully saturated rings. The number of benzene rings is 1. The van der Waals surface area contributed by atoms with Crippen molar-refractivity contribution in [3.63, 3.8) is 0 Å². The number of alkyl halides is 1. The molecule has 0 heterocycles. The molecule has 2 rings (SSSR count). The monoisotopic (exact) mass is 294 g/mol. The minimum absolute atomic E-state index is 0.0815. The molecule has 0 radical (unpaired) electrons. The van der Waals surface area contributed by atoms with Gasteiger partial charge in [-0.15, -0.1) is 11.6 Å². The predicted molar refractivity (Wildman–Crippen MR) is 86.9 cm³/mol. The smallest absolute Gasteiger partial charge is 0.118 e. The quantitative estimate of drug-likeness (QED) is 0.468. The molecule has 20 heavy (non-hydrogen) atoms. The van der Waals surface area contributed by atoms with Gasteiger partial charge in [0.25, 0.3) is 0 Å². The Morgan fingerprint density at radius 3 is 2.35 bits per heavy atom. The van der Waals surface area contributed by atoms with Gasteiger partial charge in [0.15, 0.2) is 0 Å². The molecule has 1 aromatic rings. The Hall–Kier alpha value is -0.690. The Morgan fingerprint density at radius 1 is 1.15 bits per heavy atom. The summed E-state index contributed by atoms with van der Waals surface area (Å²) >= 11 is 6.79. The second kappa shape index (κ2) is 7.36. The lowest BCUT2D eigenvalue weighted by atomic mass is 9.76. The van der Waals surface area contributed by atoms with Crippen molar-refractivity contribution in [3.05, 3.63) is 29.8 Å². The van der Waals surface area contributed by atoms with E-state index in [0.29, 0.717) is 5.92 Å². The average molecular weight is 295 g/mol. The standard InChI is InChI=1S/C18H27ClO/c1-3-4-5-12-18(19)13-10-16(11-14-18)15-6-8-17(20-2)9-7-15/h6-9,16H,3-5,10-14H2,1-2H3/t16-,18-. The summed E-state index contributed by atoms with van der Waals surface area (Å²) in [6.07, 6.45) is 9.84. The predicted octanol–water partition coefficient (Wildman–Crippen LogP) is 5.91. The molecule has 0 amide bonds. The molecule has 1 nitrogen and oxygen atoms in total. The third-order valence-corrected chi connectivity index (χ3v) is 5.26. The van der Waals surface area contributed by atoms with Crippen molar-refractivity contribution >= 4 is 11.6 Å². The molecule has 2 heteroatoms. The number of unbranched alkanes of at least 4 members (excludes halogenated alkanes) is 2. The van der Waals surface area contributed by atoms with Crippen molar-refractivity contribution in [3.8, 4) is 5.75 Å². The van der Waals surface area contributed by atoms with E-state index in [4.69, 9.17) is 16.3 Å². The fraction of sp³-hybridized carbons (Fsp3) is 0.667. The second-order valence-corrected chi connectivity index (χ2v) is 6.96. The van der Waals surface area contributed by atoms with Crippen LogP contribution in [-0.2, 0) is 0 Å². The van der Waals surface area contributed by atoms with E-state index in [1.165, 1.54) is 44.1 Å². The molecule has 0 N–H and O–H groups in total. The van der Waals surface area contributed by atoms with Crippen LogP contribution in [0.5, 0.6) is 5.75 Å². The first-order valence-corrected chi connectivity index (χ1v) is 8.37. The van der Waals surface area contributed by atoms with E-state index >= 15 is 0 Å². The van der Waals surface area contributed by atoms with Crippen LogP contribution in [-0.4, -0.2) is 12.0 Å². The van der Waals surface area contributed by atoms with Gasteiger partial charge in [-0.2, -0.15) is 0 Å². The minimum atomic E-state index is 0.0815. The topological polar surface area (TPSA) is 9.23 Å². The average Bonchev–Trinajstić information content (AvgIpc) is 2.48. The van der Waals surface area contributed by atoms with Crippen molar-refractivity contribution in [2.75, 3.05) is 7.11 Å². The SMILES string of the molecule is CCCCC[C@]1(Cl)CC[C@H](c2ccc(OC)cc2)CC1. The summed E-state index contributed by atoms with van der Waals surface area (Å²) in [6, 6.07) is 8.56. The highest BCUT2D eigenvalue weighted by Crippen LogP contribution is 2.44. The molecule has 0 unspecified atom stereocenters. The van der Waals surface area contributed by atoms with E-state index in [2.05, 4.69) is 31.2 Å². The third-order valence-electron chi connectivity index (χ3n) is 4.70. The Kier molecular flexibility index (Phi) is 5.77. The zero-order valence-corrected chi connectivity index (χ0v) is 13.6. The number of methoxy groups -OCH3 is 1. The maximum Gasteiger partial charge on any atom is 0.118 e. The summed E-state index contributed by atoms with van der Waals surface area (Å²) in [5, 5.41) is 0. The maximum atomic E-state index is 6.79. The highest BCUT2D eigenvalue weighted by molar-refractivity contribution is 6.23. The van der Waals surface area contributed by atoms with Crippen molar-refractivity contribution in [1.82, 2.24) is 0 Å². The Bertz CT molecular complexity index is 390. The summed E-state index contributed by atoms with van der Waals surface area (Å²) in [5.74, 6) is 1.62. The lowest BCUT2D eigenvalue weighted by Crippen LogP contribution is -2.27. The van der Waals surface area contributed by atoms with Crippen LogP contribution in [0, 0.1) is 0 Å². The van der Waals surface area contributed by atoms with Gasteiger partial charge in [-0.25, -0.2) is 0 Å². The van der Waals surface area contributed by atoms with Crippen LogP contribution in [0.1, 0.15) is 69.8 Å². The van der Waals surface area contributed by atoms with Crippen LogP contribution in [0.3, 0.4) is 0 Å². The van der Waals surface area contributed by atoms with Crippen molar-refractivity contribution < 1.29 is 4.74 Å². The van der Waals surface area contributed by atoms with E-state index in [1.54, 1.807) is 7.11 Å². The highest BCUT2D eigenvalue weighted by atomic mass is 35.5. The van der Waals surface area contributed by atoms with Crippen LogP contribution in [0.2, 0.25) is 0 Å². The van der Waals surface area contributed by atoms with Crippen LogP contribution in [0.4, 0.5) is 0 Å². The van der Waals surface area contributed by atoms with Crippen molar-refractivity contribution in [2.45, 2.75) is 69.1 Å². The molecule has 1 aliphatic rings. The van der Waals surface area contributed by atoms with Gasteiger partial charge in [-0.3, -0.25) is 0 Å². The molecule has 0 atom stereocenters. The van der Waals surface area contributed by atoms with Crippen LogP contribution in [0.15, 0.2) is 24.3 Å². The van der Waals surface area contributed by atoms with Gasteiger partial charge >= 0.3 is 0 Å². The second-order valence-electron chi connectivity index (χ2n) is 6.16. The number of ether oxygens (including phenoxy) is 1. The first-order valence-electron chi connectivity index (χ1n) is 8.00. The molecular weight excluding hydrogens is 268 g/mol. The number of hydrogen-bond donors (Lipinski definition) is 0. The van der Waals surface area contributed by atoms with E-state index in [-0.39, 0.29) is 4.87 Å².